The zero-order valence-electron chi connectivity index (χ0n) is 9.37. The maximum Gasteiger partial charge on any atom is 0.292 e. The summed E-state index contributed by atoms with van der Waals surface area (Å²) in [5.74, 6) is 1.32. The van der Waals surface area contributed by atoms with E-state index in [4.69, 9.17) is 0 Å². The fourth-order valence-corrected chi connectivity index (χ4v) is 2.84. The van der Waals surface area contributed by atoms with Crippen molar-refractivity contribution in [2.24, 2.45) is 11.8 Å². The molecule has 4 heteroatoms. The monoisotopic (exact) mass is 230 g/mol. The van der Waals surface area contributed by atoms with Gasteiger partial charge in [0.2, 0.25) is 0 Å². The van der Waals surface area contributed by atoms with E-state index in [-0.39, 0.29) is 10.6 Å². The van der Waals surface area contributed by atoms with Crippen molar-refractivity contribution in [3.8, 4) is 0 Å². The molecule has 1 fully saturated rings. The Kier molecular flexibility index (Phi) is 2.35. The number of fused-ring (bicyclic) bond motifs is 1. The molecule has 3 unspecified atom stereocenters. The first-order valence-corrected chi connectivity index (χ1v) is 5.92. The van der Waals surface area contributed by atoms with E-state index in [9.17, 15) is 10.1 Å². The molecular weight excluding hydrogens is 216 g/mol. The van der Waals surface area contributed by atoms with Crippen molar-refractivity contribution >= 4 is 11.4 Å². The second-order valence-corrected chi connectivity index (χ2v) is 4.76. The van der Waals surface area contributed by atoms with E-state index in [0.29, 0.717) is 17.6 Å². The Morgan fingerprint density at radius 1 is 1.35 bits per heavy atom. The second kappa shape index (κ2) is 3.87. The van der Waals surface area contributed by atoms with Gasteiger partial charge in [-0.3, -0.25) is 10.1 Å². The summed E-state index contributed by atoms with van der Waals surface area (Å²) in [4.78, 5) is 10.6. The Hall–Kier alpha value is -1.84. The standard InChI is InChI=1S/C13H14N2O2/c16-15(17)13-7-2-1-6-11(13)14-12-8-9-4-3-5-10(9)12/h1-3,5-7,9-10,12,14H,4,8H2. The summed E-state index contributed by atoms with van der Waals surface area (Å²) in [6.45, 7) is 0. The maximum atomic E-state index is 10.9. The smallest absolute Gasteiger partial charge is 0.292 e. The molecule has 1 aromatic carbocycles. The number of nitro benzene ring substituents is 1. The van der Waals surface area contributed by atoms with Crippen LogP contribution in [0.15, 0.2) is 36.4 Å². The summed E-state index contributed by atoms with van der Waals surface area (Å²) in [5.41, 5.74) is 0.805. The molecule has 2 aliphatic carbocycles. The number of nitrogens with zero attached hydrogens (tertiary/aromatic N) is 1. The number of nitro groups is 1. The van der Waals surface area contributed by atoms with E-state index in [2.05, 4.69) is 17.5 Å². The molecule has 0 heterocycles. The fraction of sp³-hybridized carbons (Fsp3) is 0.385. The lowest BCUT2D eigenvalue weighted by atomic mass is 9.71. The molecule has 0 amide bonds. The highest BCUT2D eigenvalue weighted by Gasteiger charge is 2.41. The Labute approximate surface area is 99.5 Å². The van der Waals surface area contributed by atoms with Crippen molar-refractivity contribution in [3.05, 3.63) is 46.5 Å². The number of nitrogens with one attached hydrogen (secondary N) is 1. The van der Waals surface area contributed by atoms with Crippen LogP contribution < -0.4 is 5.32 Å². The van der Waals surface area contributed by atoms with Crippen molar-refractivity contribution in [1.82, 2.24) is 0 Å². The maximum absolute atomic E-state index is 10.9. The molecule has 3 atom stereocenters. The normalized spacial score (nSPS) is 29.5. The summed E-state index contributed by atoms with van der Waals surface area (Å²) in [5, 5.41) is 14.2. The van der Waals surface area contributed by atoms with Crippen LogP contribution in [0.2, 0.25) is 0 Å². The van der Waals surface area contributed by atoms with E-state index < -0.39 is 0 Å². The highest BCUT2D eigenvalue weighted by molar-refractivity contribution is 5.62. The summed E-state index contributed by atoms with van der Waals surface area (Å²) in [6.07, 6.45) is 6.74. The van der Waals surface area contributed by atoms with Crippen LogP contribution in [0, 0.1) is 22.0 Å². The van der Waals surface area contributed by atoms with Gasteiger partial charge in [-0.25, -0.2) is 0 Å². The molecule has 0 bridgehead atoms. The van der Waals surface area contributed by atoms with Crippen molar-refractivity contribution < 1.29 is 4.92 Å². The Bertz CT molecular complexity index is 484. The summed E-state index contributed by atoms with van der Waals surface area (Å²) in [6, 6.07) is 7.21. The number of hydrogen-bond donors (Lipinski definition) is 1. The summed E-state index contributed by atoms with van der Waals surface area (Å²) in [7, 11) is 0. The predicted molar refractivity (Wildman–Crippen MR) is 65.9 cm³/mol. The average Bonchev–Trinajstić information content (AvgIpc) is 2.68. The quantitative estimate of drug-likeness (QED) is 0.493. The second-order valence-electron chi connectivity index (χ2n) is 4.76. The molecule has 0 spiro atoms. The van der Waals surface area contributed by atoms with Gasteiger partial charge in [0.1, 0.15) is 5.69 Å². The Morgan fingerprint density at radius 2 is 2.18 bits per heavy atom. The molecule has 1 aromatic rings. The van der Waals surface area contributed by atoms with Crippen LogP contribution in [0.3, 0.4) is 0 Å². The molecule has 4 nitrogen and oxygen atoms in total. The van der Waals surface area contributed by atoms with Crippen molar-refractivity contribution in [2.75, 3.05) is 5.32 Å². The minimum absolute atomic E-state index is 0.165. The third-order valence-corrected chi connectivity index (χ3v) is 3.80. The van der Waals surface area contributed by atoms with Crippen LogP contribution in [-0.2, 0) is 0 Å². The van der Waals surface area contributed by atoms with Gasteiger partial charge in [0.05, 0.1) is 4.92 Å². The molecule has 1 N–H and O–H groups in total. The first-order chi connectivity index (χ1) is 8.25. The molecule has 88 valence electrons. The van der Waals surface area contributed by atoms with Gasteiger partial charge in [-0.15, -0.1) is 0 Å². The zero-order valence-corrected chi connectivity index (χ0v) is 9.37. The lowest BCUT2D eigenvalue weighted by molar-refractivity contribution is -0.384. The third kappa shape index (κ3) is 1.69. The number of rotatable bonds is 3. The molecule has 17 heavy (non-hydrogen) atoms. The largest absolute Gasteiger partial charge is 0.376 e. The Morgan fingerprint density at radius 3 is 2.94 bits per heavy atom. The lowest BCUT2D eigenvalue weighted by Crippen LogP contribution is -2.43. The van der Waals surface area contributed by atoms with Crippen LogP contribution in [-0.4, -0.2) is 11.0 Å². The van der Waals surface area contributed by atoms with Crippen LogP contribution >= 0.6 is 0 Å². The molecule has 2 aliphatic rings. The van der Waals surface area contributed by atoms with Gasteiger partial charge in [-0.05, 0) is 24.8 Å². The molecule has 3 rings (SSSR count). The minimum atomic E-state index is -0.330. The first-order valence-electron chi connectivity index (χ1n) is 5.92. The van der Waals surface area contributed by atoms with E-state index in [0.717, 1.165) is 12.3 Å². The summed E-state index contributed by atoms with van der Waals surface area (Å²) >= 11 is 0. The molecular formula is C13H14N2O2. The first kappa shape index (κ1) is 10.3. The summed E-state index contributed by atoms with van der Waals surface area (Å²) < 4.78 is 0. The van der Waals surface area contributed by atoms with Crippen LogP contribution in [0.5, 0.6) is 0 Å². The molecule has 0 saturated heterocycles. The number of allylic oxidation sites excluding steroid dienone is 1. The Balaban J connectivity index is 1.77. The SMILES string of the molecule is O=[N+]([O-])c1ccccc1NC1CC2CC=CC21. The van der Waals surface area contributed by atoms with Gasteiger partial charge in [-0.2, -0.15) is 0 Å². The van der Waals surface area contributed by atoms with Crippen molar-refractivity contribution in [3.63, 3.8) is 0 Å². The molecule has 0 radical (unpaired) electrons. The fourth-order valence-electron chi connectivity index (χ4n) is 2.84. The highest BCUT2D eigenvalue weighted by atomic mass is 16.6. The van der Waals surface area contributed by atoms with Gasteiger partial charge in [-0.1, -0.05) is 24.3 Å². The van der Waals surface area contributed by atoms with E-state index >= 15 is 0 Å². The van der Waals surface area contributed by atoms with Crippen LogP contribution in [0.4, 0.5) is 11.4 Å². The predicted octanol–water partition coefficient (Wildman–Crippen LogP) is 2.97. The zero-order chi connectivity index (χ0) is 11.8. The van der Waals surface area contributed by atoms with Crippen LogP contribution in [0.25, 0.3) is 0 Å². The van der Waals surface area contributed by atoms with Gasteiger partial charge in [0, 0.05) is 18.0 Å². The lowest BCUT2D eigenvalue weighted by Gasteiger charge is -2.41. The van der Waals surface area contributed by atoms with E-state index in [1.807, 2.05) is 6.07 Å². The van der Waals surface area contributed by atoms with Gasteiger partial charge in [0.25, 0.3) is 5.69 Å². The number of benzene rings is 1. The van der Waals surface area contributed by atoms with Gasteiger partial charge in [0.15, 0.2) is 0 Å². The van der Waals surface area contributed by atoms with E-state index in [1.165, 1.54) is 6.42 Å². The third-order valence-electron chi connectivity index (χ3n) is 3.80. The van der Waals surface area contributed by atoms with Crippen LogP contribution in [0.1, 0.15) is 12.8 Å². The highest BCUT2D eigenvalue weighted by Crippen LogP contribution is 2.44. The van der Waals surface area contributed by atoms with E-state index in [1.54, 1.807) is 18.2 Å². The number of anilines is 1. The molecule has 0 aliphatic heterocycles. The topological polar surface area (TPSA) is 55.2 Å². The molecule has 1 saturated carbocycles. The molecule has 0 aromatic heterocycles. The average molecular weight is 230 g/mol. The van der Waals surface area contributed by atoms with Gasteiger partial charge < -0.3 is 5.32 Å². The minimum Gasteiger partial charge on any atom is -0.376 e. The number of hydrogen-bond acceptors (Lipinski definition) is 3. The van der Waals surface area contributed by atoms with Gasteiger partial charge >= 0.3 is 0 Å². The van der Waals surface area contributed by atoms with Crippen molar-refractivity contribution in [2.45, 2.75) is 18.9 Å². The number of para-hydroxylation sites is 2. The van der Waals surface area contributed by atoms with Crippen molar-refractivity contribution in [1.29, 1.82) is 0 Å².